The lowest BCUT2D eigenvalue weighted by Crippen LogP contribution is -2.19. The molecule has 3 rings (SSSR count). The van der Waals surface area contributed by atoms with E-state index in [4.69, 9.17) is 11.6 Å². The second-order valence-electron chi connectivity index (χ2n) is 7.73. The topological polar surface area (TPSA) is 0 Å². The molecule has 22 heteroatoms. The highest BCUT2D eigenvalue weighted by Crippen LogP contribution is 3.05. The van der Waals surface area contributed by atoms with Gasteiger partial charge >= 0.3 is 0 Å². The Kier molecular flexibility index (Phi) is 8.02. The van der Waals surface area contributed by atoms with E-state index in [-0.39, 0.29) is 5.56 Å². The van der Waals surface area contributed by atoms with Crippen molar-refractivity contribution in [3.05, 3.63) is 99.5 Å². The first-order chi connectivity index (χ1) is 18.3. The van der Waals surface area contributed by atoms with Gasteiger partial charge in [-0.15, -0.1) is 31.1 Å². The summed E-state index contributed by atoms with van der Waals surface area (Å²) in [4.78, 5) is -7.12. The molecule has 0 saturated heterocycles. The number of benzene rings is 3. The minimum atomic E-state index is -10.1. The molecule has 0 saturated carbocycles. The Morgan fingerprint density at radius 1 is 0.476 bits per heavy atom. The van der Waals surface area contributed by atoms with E-state index in [1.807, 2.05) is 0 Å². The summed E-state index contributed by atoms with van der Waals surface area (Å²) in [6.07, 6.45) is 0. The maximum absolute atomic E-state index is 14.2. The fourth-order valence-corrected chi connectivity index (χ4v) is 6.34. The smallest absolute Gasteiger partial charge is 0.202 e. The van der Waals surface area contributed by atoms with E-state index in [2.05, 4.69) is 10.7 Å². The van der Waals surface area contributed by atoms with Crippen molar-refractivity contribution in [2.75, 3.05) is 0 Å². The lowest BCUT2D eigenvalue weighted by molar-refractivity contribution is 0.342. The van der Waals surface area contributed by atoms with Crippen molar-refractivity contribution in [3.8, 4) is 0 Å². The van der Waals surface area contributed by atoms with Gasteiger partial charge in [-0.25, -0.2) is 43.9 Å². The summed E-state index contributed by atoms with van der Waals surface area (Å²) >= 11 is 5.36. The summed E-state index contributed by atoms with van der Waals surface area (Å²) in [6.45, 7) is 0. The molecule has 0 bridgehead atoms. The summed E-state index contributed by atoms with van der Waals surface area (Å²) in [6, 6.07) is 5.90. The van der Waals surface area contributed by atoms with E-state index in [0.29, 0.717) is 0 Å². The molecule has 3 aromatic rings. The molecule has 238 valence electrons. The van der Waals surface area contributed by atoms with Crippen LogP contribution in [0.1, 0.15) is 5.56 Å². The third-order valence-electron chi connectivity index (χ3n) is 4.54. The van der Waals surface area contributed by atoms with Crippen molar-refractivity contribution in [3.63, 3.8) is 0 Å². The molecule has 0 amide bonds. The molecule has 0 aliphatic carbocycles. The van der Waals surface area contributed by atoms with Crippen LogP contribution < -0.4 is 0 Å². The van der Waals surface area contributed by atoms with Gasteiger partial charge in [0.15, 0.2) is 56.3 Å². The molecule has 0 heterocycles. The molecule has 0 aliphatic heterocycles. The van der Waals surface area contributed by atoms with E-state index in [1.54, 1.807) is 0 Å². The van der Waals surface area contributed by atoms with Gasteiger partial charge in [0, 0.05) is 10.7 Å². The van der Waals surface area contributed by atoms with Gasteiger partial charge in [0.2, 0.25) is 21.5 Å². The van der Waals surface area contributed by atoms with E-state index in [1.165, 1.54) is 18.2 Å². The zero-order valence-electron chi connectivity index (χ0n) is 18.8. The Morgan fingerprint density at radius 2 is 0.762 bits per heavy atom. The van der Waals surface area contributed by atoms with Crippen LogP contribution in [0, 0.1) is 58.2 Å². The van der Waals surface area contributed by atoms with Gasteiger partial charge in [-0.1, -0.05) is 41.9 Å². The van der Waals surface area contributed by atoms with Gasteiger partial charge < -0.3 is 0 Å². The van der Waals surface area contributed by atoms with Crippen LogP contribution in [0.4, 0.5) is 75.0 Å². The third kappa shape index (κ3) is 6.96. The maximum Gasteiger partial charge on any atom is 0.259 e. The van der Waals surface area contributed by atoms with Crippen molar-refractivity contribution in [2.24, 2.45) is 0 Å². The second-order valence-corrected chi connectivity index (χ2v) is 15.3. The van der Waals surface area contributed by atoms with Gasteiger partial charge in [-0.2, -0.15) is 0 Å². The zero-order chi connectivity index (χ0) is 33.1. The van der Waals surface area contributed by atoms with Crippen molar-refractivity contribution in [1.82, 2.24) is 0 Å². The normalized spacial score (nSPS) is 16.0. The Labute approximate surface area is 230 Å². The first kappa shape index (κ1) is 35.6. The van der Waals surface area contributed by atoms with Crippen LogP contribution in [-0.2, 0) is 0 Å². The summed E-state index contributed by atoms with van der Waals surface area (Å²) in [5, 5.41) is -2.59. The van der Waals surface area contributed by atoms with Gasteiger partial charge in [0.25, 0.3) is 9.05 Å². The molecule has 0 aromatic heterocycles. The highest BCUT2D eigenvalue weighted by Gasteiger charge is 2.68. The quantitative estimate of drug-likeness (QED) is 0.143. The monoisotopic (exact) mass is 722 g/mol. The fraction of sp³-hybridized carbons (Fsp3) is 0. The van der Waals surface area contributed by atoms with Crippen LogP contribution in [0.3, 0.4) is 0 Å². The van der Waals surface area contributed by atoms with Crippen molar-refractivity contribution in [1.29, 1.82) is 0 Å². The van der Waals surface area contributed by atoms with Crippen LogP contribution in [0.2, 0.25) is 0 Å². The molecule has 3 aromatic carbocycles. The average molecular weight is 723 g/mol. The van der Waals surface area contributed by atoms with E-state index < -0.39 is 97.3 Å². The molecule has 0 spiro atoms. The number of hydrogen-bond donors (Lipinski definition) is 0. The Balaban J connectivity index is 0.000000317. The SMILES string of the molecule is Fc1c(F)c(F)c(S(F)(F)(F)(F)/C=C(/Cl)c2ccccc2)c(F)c1F.Fc1c(F)c(F)c(S(F)(F)(F)(F)Cl)c(F)c1F. The van der Waals surface area contributed by atoms with Crippen molar-refractivity contribution < 1.29 is 75.0 Å². The van der Waals surface area contributed by atoms with Gasteiger partial charge in [-0.3, -0.25) is 0 Å². The number of hydrogen-bond acceptors (Lipinski definition) is 0. The first-order valence-electron chi connectivity index (χ1n) is 9.56. The predicted molar refractivity (Wildman–Crippen MR) is 119 cm³/mol. The molecule has 0 nitrogen and oxygen atoms in total. The number of halogens is 20. The van der Waals surface area contributed by atoms with E-state index >= 15 is 0 Å². The third-order valence-corrected chi connectivity index (χ3v) is 8.51. The van der Waals surface area contributed by atoms with Crippen LogP contribution in [0.15, 0.2) is 45.5 Å². The van der Waals surface area contributed by atoms with Crippen LogP contribution >= 0.6 is 41.2 Å². The first-order valence-corrected chi connectivity index (χ1v) is 14.9. The summed E-state index contributed by atoms with van der Waals surface area (Å²) in [5.41, 5.74) is -0.386. The Morgan fingerprint density at radius 3 is 1.07 bits per heavy atom. The fourth-order valence-electron chi connectivity index (χ4n) is 2.82. The molecule has 0 unspecified atom stereocenters. The summed E-state index contributed by atoms with van der Waals surface area (Å²) in [7, 11) is -16.7. The van der Waals surface area contributed by atoms with Gasteiger partial charge in [-0.05, 0) is 5.56 Å². The van der Waals surface area contributed by atoms with Gasteiger partial charge in [0.05, 0.1) is 10.4 Å². The molecule has 0 radical (unpaired) electrons. The van der Waals surface area contributed by atoms with Crippen LogP contribution in [-0.4, -0.2) is 0 Å². The van der Waals surface area contributed by atoms with Crippen LogP contribution in [0.25, 0.3) is 5.03 Å². The number of rotatable bonds is 4. The summed E-state index contributed by atoms with van der Waals surface area (Å²) in [5.74, 6) is -30.8. The summed E-state index contributed by atoms with van der Waals surface area (Å²) < 4.78 is 235. The second kappa shape index (κ2) is 9.46. The Hall–Kier alpha value is -2.58. The highest BCUT2D eigenvalue weighted by atomic mass is 35.7. The average Bonchev–Trinajstić information content (AvgIpc) is 2.82. The predicted octanol–water partition coefficient (Wildman–Crippen LogP) is 12.7. The molecular weight excluding hydrogens is 717 g/mol. The molecule has 0 aliphatic rings. The lowest BCUT2D eigenvalue weighted by atomic mass is 10.2. The largest absolute Gasteiger partial charge is 0.259 e. The standard InChI is InChI=1S/C14H6ClF9S.C6ClF9S/c15-8(7-4-2-1-3-5-7)6-25(21,22,23,24)14-12(19)10(17)9(16)11(18)13(14)20;7-17(13,14,15,16)6-4(11)2(9)1(8)3(10)5(6)12/h1-6H;/b8-6+;. The van der Waals surface area contributed by atoms with Crippen molar-refractivity contribution >= 4 is 46.2 Å². The van der Waals surface area contributed by atoms with E-state index in [9.17, 15) is 75.0 Å². The minimum Gasteiger partial charge on any atom is -0.202 e. The molecular formula is C20H6Cl2F18S2. The maximum atomic E-state index is 14.2. The highest BCUT2D eigenvalue weighted by molar-refractivity contribution is 8.65. The van der Waals surface area contributed by atoms with E-state index in [0.717, 1.165) is 12.1 Å². The Bertz CT molecular complexity index is 1570. The zero-order valence-corrected chi connectivity index (χ0v) is 22.0. The molecule has 0 atom stereocenters. The molecule has 0 N–H and O–H groups in total. The van der Waals surface area contributed by atoms with Gasteiger partial charge in [0.1, 0.15) is 0 Å². The van der Waals surface area contributed by atoms with Crippen LogP contribution in [0.5, 0.6) is 0 Å². The lowest BCUT2D eigenvalue weighted by Gasteiger charge is -2.47. The molecule has 0 fully saturated rings. The molecule has 42 heavy (non-hydrogen) atoms. The minimum absolute atomic E-state index is 0.386. The van der Waals surface area contributed by atoms with Crippen molar-refractivity contribution in [2.45, 2.75) is 9.79 Å².